The van der Waals surface area contributed by atoms with E-state index in [1.54, 1.807) is 0 Å². The molecule has 0 aromatic carbocycles. The van der Waals surface area contributed by atoms with E-state index in [1.165, 1.54) is 37.1 Å². The van der Waals surface area contributed by atoms with E-state index in [0.29, 0.717) is 10.9 Å². The topological polar surface area (TPSA) is 52.6 Å². The van der Waals surface area contributed by atoms with Crippen LogP contribution in [0.15, 0.2) is 12.1 Å². The van der Waals surface area contributed by atoms with E-state index in [0.717, 1.165) is 17.8 Å². The first kappa shape index (κ1) is 14.6. The van der Waals surface area contributed by atoms with Gasteiger partial charge in [0.15, 0.2) is 0 Å². The third kappa shape index (κ3) is 3.29. The minimum atomic E-state index is -0.154. The van der Waals surface area contributed by atoms with Crippen molar-refractivity contribution in [2.75, 3.05) is 19.7 Å². The molecule has 5 heteroatoms. The normalized spacial score (nSPS) is 25.0. The zero-order chi connectivity index (χ0) is 14.7. The molecule has 0 bridgehead atoms. The minimum absolute atomic E-state index is 0.00877. The highest BCUT2D eigenvalue weighted by Crippen LogP contribution is 2.27. The van der Waals surface area contributed by atoms with Gasteiger partial charge in [0.05, 0.1) is 9.75 Å². The lowest BCUT2D eigenvalue weighted by Crippen LogP contribution is -2.46. The minimum Gasteiger partial charge on any atom is -0.384 e. The summed E-state index contributed by atoms with van der Waals surface area (Å²) in [5.74, 6) is 5.45. The van der Waals surface area contributed by atoms with Crippen molar-refractivity contribution in [3.8, 4) is 11.8 Å². The number of thiophene rings is 1. The first-order chi connectivity index (χ1) is 10.3. The number of aliphatic hydroxyl groups is 1. The van der Waals surface area contributed by atoms with Crippen LogP contribution in [-0.4, -0.2) is 47.7 Å². The number of hydrogen-bond donors (Lipinski definition) is 2. The van der Waals surface area contributed by atoms with Crippen LogP contribution in [-0.2, 0) is 0 Å². The molecule has 4 nitrogen and oxygen atoms in total. The number of carbonyl (C=O) groups is 1. The average molecular weight is 304 g/mol. The maximum absolute atomic E-state index is 12.3. The molecule has 1 amide bonds. The molecule has 0 spiro atoms. The predicted molar refractivity (Wildman–Crippen MR) is 83.4 cm³/mol. The standard InChI is InChI=1S/C16H20N2O2S/c19-11-3-4-12-6-7-15(21-12)16(20)17-13-8-10-18-9-2-1-5-14(13)18/h6-7,13-14,19H,1-2,5,8-11H2,(H,17,20). The molecular weight excluding hydrogens is 284 g/mol. The molecule has 2 unspecified atom stereocenters. The van der Waals surface area contributed by atoms with Crippen molar-refractivity contribution in [2.45, 2.75) is 37.8 Å². The number of amides is 1. The summed E-state index contributed by atoms with van der Waals surface area (Å²) in [6.45, 7) is 2.13. The number of fused-ring (bicyclic) bond motifs is 1. The fourth-order valence-corrected chi connectivity index (χ4v) is 4.09. The molecule has 2 fully saturated rings. The Labute approximate surface area is 129 Å². The molecule has 1 aromatic rings. The third-order valence-electron chi connectivity index (χ3n) is 4.29. The van der Waals surface area contributed by atoms with Gasteiger partial charge in [0.1, 0.15) is 6.61 Å². The van der Waals surface area contributed by atoms with E-state index in [9.17, 15) is 4.79 Å². The Balaban J connectivity index is 1.62. The van der Waals surface area contributed by atoms with E-state index >= 15 is 0 Å². The summed E-state index contributed by atoms with van der Waals surface area (Å²) in [5, 5.41) is 11.9. The van der Waals surface area contributed by atoms with Crippen molar-refractivity contribution in [1.29, 1.82) is 0 Å². The van der Waals surface area contributed by atoms with Gasteiger partial charge in [0, 0.05) is 18.6 Å². The average Bonchev–Trinajstić information content (AvgIpc) is 3.13. The SMILES string of the molecule is O=C(NC1CCN2CCCCC12)c1ccc(C#CCO)s1. The Morgan fingerprint density at radius 2 is 2.29 bits per heavy atom. The summed E-state index contributed by atoms with van der Waals surface area (Å²) in [4.78, 5) is 16.4. The quantitative estimate of drug-likeness (QED) is 0.813. The number of nitrogens with zero attached hydrogens (tertiary/aromatic N) is 1. The highest BCUT2D eigenvalue weighted by atomic mass is 32.1. The molecule has 2 saturated heterocycles. The van der Waals surface area contributed by atoms with Crippen molar-refractivity contribution >= 4 is 17.2 Å². The van der Waals surface area contributed by atoms with Crippen LogP contribution < -0.4 is 5.32 Å². The van der Waals surface area contributed by atoms with Gasteiger partial charge in [-0.3, -0.25) is 9.69 Å². The summed E-state index contributed by atoms with van der Waals surface area (Å²) in [6, 6.07) is 4.46. The number of piperidine rings is 1. The molecule has 3 rings (SSSR count). The number of nitrogens with one attached hydrogen (secondary N) is 1. The van der Waals surface area contributed by atoms with Gasteiger partial charge in [-0.05, 0) is 37.9 Å². The molecule has 0 aliphatic carbocycles. The lowest BCUT2D eigenvalue weighted by molar-refractivity contribution is 0.0919. The van der Waals surface area contributed by atoms with Crippen molar-refractivity contribution in [3.05, 3.63) is 21.9 Å². The van der Waals surface area contributed by atoms with Crippen molar-refractivity contribution in [2.24, 2.45) is 0 Å². The van der Waals surface area contributed by atoms with Crippen molar-refractivity contribution in [1.82, 2.24) is 10.2 Å². The molecule has 21 heavy (non-hydrogen) atoms. The fourth-order valence-electron chi connectivity index (χ4n) is 3.31. The summed E-state index contributed by atoms with van der Waals surface area (Å²) >= 11 is 1.38. The molecular formula is C16H20N2O2S. The Hall–Kier alpha value is -1.35. The maximum Gasteiger partial charge on any atom is 0.261 e. The molecule has 0 radical (unpaired) electrons. The van der Waals surface area contributed by atoms with Gasteiger partial charge < -0.3 is 10.4 Å². The molecule has 2 aliphatic heterocycles. The lowest BCUT2D eigenvalue weighted by atomic mass is 9.99. The van der Waals surface area contributed by atoms with Crippen LogP contribution in [0, 0.1) is 11.8 Å². The Morgan fingerprint density at radius 3 is 3.14 bits per heavy atom. The van der Waals surface area contributed by atoms with Crippen LogP contribution >= 0.6 is 11.3 Å². The van der Waals surface area contributed by atoms with Crippen LogP contribution in [0.2, 0.25) is 0 Å². The fraction of sp³-hybridized carbons (Fsp3) is 0.562. The molecule has 2 atom stereocenters. The van der Waals surface area contributed by atoms with Crippen LogP contribution in [0.3, 0.4) is 0 Å². The second kappa shape index (κ2) is 6.61. The molecule has 1 aromatic heterocycles. The number of carbonyl (C=O) groups excluding carboxylic acids is 1. The molecule has 3 heterocycles. The molecule has 2 N–H and O–H groups in total. The Bertz CT molecular complexity index is 572. The monoisotopic (exact) mass is 304 g/mol. The third-order valence-corrected chi connectivity index (χ3v) is 5.29. The van der Waals surface area contributed by atoms with E-state index in [2.05, 4.69) is 22.1 Å². The molecule has 112 valence electrons. The van der Waals surface area contributed by atoms with E-state index in [-0.39, 0.29) is 18.6 Å². The number of rotatable bonds is 2. The molecule has 2 aliphatic rings. The van der Waals surface area contributed by atoms with E-state index in [4.69, 9.17) is 5.11 Å². The highest BCUT2D eigenvalue weighted by Gasteiger charge is 2.36. The second-order valence-electron chi connectivity index (χ2n) is 5.59. The van der Waals surface area contributed by atoms with Gasteiger partial charge in [-0.25, -0.2) is 0 Å². The number of aliphatic hydroxyl groups excluding tert-OH is 1. The highest BCUT2D eigenvalue weighted by molar-refractivity contribution is 7.14. The van der Waals surface area contributed by atoms with E-state index < -0.39 is 0 Å². The van der Waals surface area contributed by atoms with Crippen LogP contribution in [0.4, 0.5) is 0 Å². The summed E-state index contributed by atoms with van der Waals surface area (Å²) in [5.41, 5.74) is 0. The largest absolute Gasteiger partial charge is 0.384 e. The van der Waals surface area contributed by atoms with Gasteiger partial charge in [-0.1, -0.05) is 18.3 Å². The zero-order valence-electron chi connectivity index (χ0n) is 12.0. The summed E-state index contributed by atoms with van der Waals surface area (Å²) in [7, 11) is 0. The maximum atomic E-state index is 12.3. The predicted octanol–water partition coefficient (Wildman–Crippen LogP) is 1.45. The van der Waals surface area contributed by atoms with E-state index in [1.807, 2.05) is 12.1 Å². The van der Waals surface area contributed by atoms with Gasteiger partial charge in [-0.2, -0.15) is 0 Å². The van der Waals surface area contributed by atoms with Crippen molar-refractivity contribution < 1.29 is 9.90 Å². The van der Waals surface area contributed by atoms with Crippen molar-refractivity contribution in [3.63, 3.8) is 0 Å². The lowest BCUT2D eigenvalue weighted by Gasteiger charge is -2.32. The Kier molecular flexibility index (Phi) is 4.59. The van der Waals surface area contributed by atoms with Gasteiger partial charge >= 0.3 is 0 Å². The van der Waals surface area contributed by atoms with Crippen LogP contribution in [0.1, 0.15) is 40.2 Å². The van der Waals surface area contributed by atoms with Crippen LogP contribution in [0.25, 0.3) is 0 Å². The molecule has 0 saturated carbocycles. The van der Waals surface area contributed by atoms with Gasteiger partial charge in [-0.15, -0.1) is 11.3 Å². The number of hydrogen-bond acceptors (Lipinski definition) is 4. The zero-order valence-corrected chi connectivity index (χ0v) is 12.8. The van der Waals surface area contributed by atoms with Gasteiger partial charge in [0.25, 0.3) is 5.91 Å². The summed E-state index contributed by atoms with van der Waals surface area (Å²) < 4.78 is 0. The smallest absolute Gasteiger partial charge is 0.261 e. The van der Waals surface area contributed by atoms with Gasteiger partial charge in [0.2, 0.25) is 0 Å². The van der Waals surface area contributed by atoms with Crippen LogP contribution in [0.5, 0.6) is 0 Å². The Morgan fingerprint density at radius 1 is 1.38 bits per heavy atom. The first-order valence-electron chi connectivity index (χ1n) is 7.52. The first-order valence-corrected chi connectivity index (χ1v) is 8.34. The summed E-state index contributed by atoms with van der Waals surface area (Å²) in [6.07, 6.45) is 4.81. The second-order valence-corrected chi connectivity index (χ2v) is 6.68.